The maximum absolute atomic E-state index is 12.1. The van der Waals surface area contributed by atoms with Crippen molar-refractivity contribution in [3.05, 3.63) is 47.8 Å². The van der Waals surface area contributed by atoms with E-state index >= 15 is 0 Å². The van der Waals surface area contributed by atoms with Crippen molar-refractivity contribution in [3.8, 4) is 5.69 Å². The third-order valence-electron chi connectivity index (χ3n) is 3.13. The fourth-order valence-electron chi connectivity index (χ4n) is 1.99. The second-order valence-electron chi connectivity index (χ2n) is 4.69. The Bertz CT molecular complexity index is 649. The molecule has 0 aliphatic rings. The van der Waals surface area contributed by atoms with Crippen LogP contribution < -0.4 is 5.32 Å². The molecule has 1 atom stereocenters. The minimum atomic E-state index is -1.05. The molecule has 1 unspecified atom stereocenters. The number of hydrogen-bond acceptors (Lipinski definition) is 3. The van der Waals surface area contributed by atoms with Crippen LogP contribution in [-0.4, -0.2) is 32.8 Å². The van der Waals surface area contributed by atoms with Crippen LogP contribution in [0.25, 0.3) is 5.69 Å². The molecule has 0 aliphatic heterocycles. The monoisotopic (exact) mass is 287 g/mol. The number of aryl methyl sites for hydroxylation is 1. The van der Waals surface area contributed by atoms with Crippen molar-refractivity contribution in [2.24, 2.45) is 0 Å². The van der Waals surface area contributed by atoms with E-state index in [1.165, 1.54) is 0 Å². The number of hydrogen-bond donors (Lipinski definition) is 2. The van der Waals surface area contributed by atoms with Crippen LogP contribution in [0.1, 0.15) is 29.5 Å². The third-order valence-corrected chi connectivity index (χ3v) is 3.13. The number of rotatable bonds is 5. The first-order valence-electron chi connectivity index (χ1n) is 6.68. The van der Waals surface area contributed by atoms with Gasteiger partial charge < -0.3 is 10.4 Å². The van der Waals surface area contributed by atoms with E-state index in [0.29, 0.717) is 6.42 Å². The van der Waals surface area contributed by atoms with Crippen LogP contribution in [0.4, 0.5) is 0 Å². The van der Waals surface area contributed by atoms with Gasteiger partial charge in [0, 0.05) is 5.69 Å². The van der Waals surface area contributed by atoms with Crippen molar-refractivity contribution >= 4 is 11.9 Å². The molecule has 1 aromatic carbocycles. The first-order chi connectivity index (χ1) is 10.0. The molecule has 2 N–H and O–H groups in total. The number of carbonyl (C=O) groups excluding carboxylic acids is 1. The predicted octanol–water partition coefficient (Wildman–Crippen LogP) is 1.77. The number of nitrogens with one attached hydrogen (secondary N) is 1. The number of amides is 1. The van der Waals surface area contributed by atoms with Gasteiger partial charge in [-0.3, -0.25) is 4.79 Å². The van der Waals surface area contributed by atoms with Crippen LogP contribution in [-0.2, 0) is 4.79 Å². The summed E-state index contributed by atoms with van der Waals surface area (Å²) in [6.07, 6.45) is 0.319. The van der Waals surface area contributed by atoms with Crippen LogP contribution in [0.15, 0.2) is 36.4 Å². The third kappa shape index (κ3) is 3.28. The summed E-state index contributed by atoms with van der Waals surface area (Å²) >= 11 is 0. The SMILES string of the molecule is CCC(NC(=O)c1cc(C)n(-c2ccccc2)n1)C(=O)O. The van der Waals surface area contributed by atoms with Crippen molar-refractivity contribution in [1.82, 2.24) is 15.1 Å². The van der Waals surface area contributed by atoms with E-state index in [2.05, 4.69) is 10.4 Å². The minimum Gasteiger partial charge on any atom is -0.480 e. The molecule has 1 heterocycles. The summed E-state index contributed by atoms with van der Waals surface area (Å²) in [5, 5.41) is 15.7. The van der Waals surface area contributed by atoms with Gasteiger partial charge in [0.25, 0.3) is 5.91 Å². The van der Waals surface area contributed by atoms with E-state index < -0.39 is 17.9 Å². The number of benzene rings is 1. The second-order valence-corrected chi connectivity index (χ2v) is 4.69. The average molecular weight is 287 g/mol. The average Bonchev–Trinajstić information content (AvgIpc) is 2.87. The molecule has 1 amide bonds. The molecule has 2 rings (SSSR count). The largest absolute Gasteiger partial charge is 0.480 e. The van der Waals surface area contributed by atoms with E-state index in [-0.39, 0.29) is 5.69 Å². The number of nitrogens with zero attached hydrogens (tertiary/aromatic N) is 2. The van der Waals surface area contributed by atoms with Crippen molar-refractivity contribution in [2.45, 2.75) is 26.3 Å². The van der Waals surface area contributed by atoms with Gasteiger partial charge in [-0.25, -0.2) is 9.48 Å². The first kappa shape index (κ1) is 14.8. The molecule has 110 valence electrons. The lowest BCUT2D eigenvalue weighted by atomic mass is 10.2. The molecule has 0 fully saturated rings. The summed E-state index contributed by atoms with van der Waals surface area (Å²) in [4.78, 5) is 23.0. The predicted molar refractivity (Wildman–Crippen MR) is 77.5 cm³/mol. The highest BCUT2D eigenvalue weighted by molar-refractivity contribution is 5.95. The number of aromatic nitrogens is 2. The Labute approximate surface area is 122 Å². The van der Waals surface area contributed by atoms with Crippen LogP contribution in [0, 0.1) is 6.92 Å². The topological polar surface area (TPSA) is 84.2 Å². The summed E-state index contributed by atoms with van der Waals surface area (Å²) in [7, 11) is 0. The summed E-state index contributed by atoms with van der Waals surface area (Å²) in [5.41, 5.74) is 1.85. The molecule has 0 saturated carbocycles. The Morgan fingerprint density at radius 3 is 2.57 bits per heavy atom. The lowest BCUT2D eigenvalue weighted by molar-refractivity contribution is -0.139. The molecule has 0 bridgehead atoms. The molecule has 21 heavy (non-hydrogen) atoms. The summed E-state index contributed by atoms with van der Waals surface area (Å²) < 4.78 is 1.65. The zero-order valence-corrected chi connectivity index (χ0v) is 11.9. The summed E-state index contributed by atoms with van der Waals surface area (Å²) in [6, 6.07) is 10.2. The summed E-state index contributed by atoms with van der Waals surface area (Å²) in [6.45, 7) is 3.54. The van der Waals surface area contributed by atoms with Gasteiger partial charge in [0.2, 0.25) is 0 Å². The number of carboxylic acids is 1. The number of carboxylic acid groups (broad SMARTS) is 1. The fourth-order valence-corrected chi connectivity index (χ4v) is 1.99. The normalized spacial score (nSPS) is 11.9. The first-order valence-corrected chi connectivity index (χ1v) is 6.68. The van der Waals surface area contributed by atoms with Crippen LogP contribution in [0.3, 0.4) is 0 Å². The van der Waals surface area contributed by atoms with Crippen LogP contribution >= 0.6 is 0 Å². The van der Waals surface area contributed by atoms with Crippen molar-refractivity contribution < 1.29 is 14.7 Å². The Hall–Kier alpha value is -2.63. The Morgan fingerprint density at radius 2 is 2.00 bits per heavy atom. The molecule has 0 aliphatic carbocycles. The van der Waals surface area contributed by atoms with E-state index in [0.717, 1.165) is 11.4 Å². The lowest BCUT2D eigenvalue weighted by Gasteiger charge is -2.10. The quantitative estimate of drug-likeness (QED) is 0.877. The van der Waals surface area contributed by atoms with Gasteiger partial charge >= 0.3 is 5.97 Å². The Balaban J connectivity index is 2.22. The second kappa shape index (κ2) is 6.21. The zero-order chi connectivity index (χ0) is 15.4. The van der Waals surface area contributed by atoms with Crippen molar-refractivity contribution in [2.75, 3.05) is 0 Å². The Morgan fingerprint density at radius 1 is 1.33 bits per heavy atom. The van der Waals surface area contributed by atoms with Crippen molar-refractivity contribution in [3.63, 3.8) is 0 Å². The zero-order valence-electron chi connectivity index (χ0n) is 11.9. The molecular formula is C15H17N3O3. The number of aliphatic carboxylic acids is 1. The van der Waals surface area contributed by atoms with Crippen molar-refractivity contribution in [1.29, 1.82) is 0 Å². The molecule has 1 aromatic heterocycles. The van der Waals surface area contributed by atoms with Gasteiger partial charge in [-0.2, -0.15) is 5.10 Å². The standard InChI is InChI=1S/C15H17N3O3/c1-3-12(15(20)21)16-14(19)13-9-10(2)18(17-13)11-7-5-4-6-8-11/h4-9,12H,3H2,1-2H3,(H,16,19)(H,20,21). The van der Waals surface area contributed by atoms with E-state index in [1.54, 1.807) is 17.7 Å². The number of para-hydroxylation sites is 1. The van der Waals surface area contributed by atoms with Gasteiger partial charge in [-0.15, -0.1) is 0 Å². The molecule has 0 saturated heterocycles. The smallest absolute Gasteiger partial charge is 0.326 e. The van der Waals surface area contributed by atoms with E-state index in [1.807, 2.05) is 37.3 Å². The fraction of sp³-hybridized carbons (Fsp3) is 0.267. The summed E-state index contributed by atoms with van der Waals surface area (Å²) in [5.74, 6) is -1.54. The maximum Gasteiger partial charge on any atom is 0.326 e. The van der Waals surface area contributed by atoms with E-state index in [9.17, 15) is 9.59 Å². The highest BCUT2D eigenvalue weighted by Crippen LogP contribution is 2.12. The van der Waals surface area contributed by atoms with Gasteiger partial charge in [-0.05, 0) is 31.5 Å². The molecule has 2 aromatic rings. The molecular weight excluding hydrogens is 270 g/mol. The lowest BCUT2D eigenvalue weighted by Crippen LogP contribution is -2.40. The van der Waals surface area contributed by atoms with Crippen LogP contribution in [0.5, 0.6) is 0 Å². The maximum atomic E-state index is 12.1. The highest BCUT2D eigenvalue weighted by atomic mass is 16.4. The minimum absolute atomic E-state index is 0.205. The van der Waals surface area contributed by atoms with Gasteiger partial charge in [0.15, 0.2) is 5.69 Å². The molecule has 6 nitrogen and oxygen atoms in total. The molecule has 6 heteroatoms. The van der Waals surface area contributed by atoms with Crippen LogP contribution in [0.2, 0.25) is 0 Å². The van der Waals surface area contributed by atoms with E-state index in [4.69, 9.17) is 5.11 Å². The number of carbonyl (C=O) groups is 2. The highest BCUT2D eigenvalue weighted by Gasteiger charge is 2.20. The Kier molecular flexibility index (Phi) is 4.37. The van der Waals surface area contributed by atoms with Gasteiger partial charge in [0.1, 0.15) is 6.04 Å². The molecule has 0 radical (unpaired) electrons. The molecule has 0 spiro atoms. The van der Waals surface area contributed by atoms with Gasteiger partial charge in [-0.1, -0.05) is 25.1 Å². The van der Waals surface area contributed by atoms with Gasteiger partial charge in [0.05, 0.1) is 5.69 Å².